The normalized spacial score (nSPS) is 18.7. The first-order valence-corrected chi connectivity index (χ1v) is 9.52. The molecule has 0 aromatic heterocycles. The average molecular weight is 408 g/mol. The summed E-state index contributed by atoms with van der Waals surface area (Å²) in [5, 5.41) is 14.6. The lowest BCUT2D eigenvalue weighted by Crippen LogP contribution is -2.55. The molecule has 1 atom stereocenters. The van der Waals surface area contributed by atoms with Crippen LogP contribution in [0.25, 0.3) is 0 Å². The third-order valence-electron chi connectivity index (χ3n) is 3.98. The van der Waals surface area contributed by atoms with Crippen molar-refractivity contribution in [3.05, 3.63) is 59.6 Å². The van der Waals surface area contributed by atoms with Crippen LogP contribution in [0.3, 0.4) is 0 Å². The van der Waals surface area contributed by atoms with Crippen LogP contribution in [0.1, 0.15) is 13.8 Å². The Balaban J connectivity index is 1.86. The van der Waals surface area contributed by atoms with Crippen molar-refractivity contribution in [1.29, 1.82) is 0 Å². The maximum absolute atomic E-state index is 12.6. The Morgan fingerprint density at radius 3 is 2.46 bits per heavy atom. The van der Waals surface area contributed by atoms with Gasteiger partial charge in [0.2, 0.25) is 0 Å². The Bertz CT molecular complexity index is 815. The molecule has 0 radical (unpaired) electrons. The second kappa shape index (κ2) is 7.44. The van der Waals surface area contributed by atoms with Crippen LogP contribution >= 0.6 is 35.6 Å². The van der Waals surface area contributed by atoms with Gasteiger partial charge >= 0.3 is 6.03 Å². The molecule has 0 bridgehead atoms. The number of nitrogens with zero attached hydrogens (tertiary/aromatic N) is 2. The maximum atomic E-state index is 12.6. The highest BCUT2D eigenvalue weighted by atomic mass is 35.5. The Morgan fingerprint density at radius 2 is 1.85 bits per heavy atom. The fraction of sp³-hybridized carbons (Fsp3) is 0.222. The number of hydrogen-bond donors (Lipinski definition) is 2. The van der Waals surface area contributed by atoms with E-state index in [0.29, 0.717) is 20.1 Å². The fourth-order valence-electron chi connectivity index (χ4n) is 2.80. The number of thiocarbonyl (C=S) groups is 1. The Kier molecular flexibility index (Phi) is 5.43. The van der Waals surface area contributed by atoms with Gasteiger partial charge in [-0.15, -0.1) is 0 Å². The summed E-state index contributed by atoms with van der Waals surface area (Å²) in [5.41, 5.74) is 1.36. The Labute approximate surface area is 166 Å². The third kappa shape index (κ3) is 3.81. The number of urea groups is 1. The second-order valence-corrected chi connectivity index (χ2v) is 9.06. The van der Waals surface area contributed by atoms with Gasteiger partial charge in [0.1, 0.15) is 4.32 Å². The summed E-state index contributed by atoms with van der Waals surface area (Å²) in [5.74, 6) is 0. The number of halogens is 1. The molecule has 5 nitrogen and oxygen atoms in total. The van der Waals surface area contributed by atoms with Crippen LogP contribution in [-0.2, 0) is 0 Å². The molecule has 26 heavy (non-hydrogen) atoms. The molecule has 2 N–H and O–H groups in total. The lowest BCUT2D eigenvalue weighted by molar-refractivity contribution is -0.0762. The first-order valence-electron chi connectivity index (χ1n) is 7.91. The summed E-state index contributed by atoms with van der Waals surface area (Å²) in [6.45, 7) is 3.88. The summed E-state index contributed by atoms with van der Waals surface area (Å²) in [6, 6.07) is 15.5. The van der Waals surface area contributed by atoms with Gasteiger partial charge in [-0.05, 0) is 50.2 Å². The Morgan fingerprint density at radius 1 is 1.23 bits per heavy atom. The first-order chi connectivity index (χ1) is 12.3. The van der Waals surface area contributed by atoms with E-state index >= 15 is 0 Å². The molecule has 1 fully saturated rings. The fourth-order valence-corrected chi connectivity index (χ4v) is 4.84. The SMILES string of the molecule is CC1(C)SC(=S)N(c2ccccc2)[C@H]1N(O)C(=O)Nc1ccc(Cl)cc1. The number of anilines is 2. The highest BCUT2D eigenvalue weighted by molar-refractivity contribution is 8.24. The summed E-state index contributed by atoms with van der Waals surface area (Å²) in [4.78, 5) is 14.4. The van der Waals surface area contributed by atoms with E-state index in [2.05, 4.69) is 5.32 Å². The minimum atomic E-state index is -0.658. The molecule has 136 valence electrons. The number of benzene rings is 2. The van der Waals surface area contributed by atoms with Gasteiger partial charge in [0, 0.05) is 16.4 Å². The van der Waals surface area contributed by atoms with Crippen LogP contribution in [0, 0.1) is 0 Å². The zero-order valence-electron chi connectivity index (χ0n) is 14.2. The number of carbonyl (C=O) groups is 1. The summed E-state index contributed by atoms with van der Waals surface area (Å²) in [7, 11) is 0. The summed E-state index contributed by atoms with van der Waals surface area (Å²) >= 11 is 12.8. The molecule has 0 unspecified atom stereocenters. The number of para-hydroxylation sites is 1. The molecule has 1 heterocycles. The zero-order chi connectivity index (χ0) is 18.9. The molecule has 1 aliphatic heterocycles. The van der Waals surface area contributed by atoms with Gasteiger partial charge in [0.25, 0.3) is 0 Å². The van der Waals surface area contributed by atoms with Gasteiger partial charge in [-0.1, -0.05) is 53.8 Å². The van der Waals surface area contributed by atoms with Crippen molar-refractivity contribution < 1.29 is 10.0 Å². The highest BCUT2D eigenvalue weighted by Crippen LogP contribution is 2.44. The van der Waals surface area contributed by atoms with E-state index in [1.807, 2.05) is 44.2 Å². The van der Waals surface area contributed by atoms with Gasteiger partial charge in [-0.25, -0.2) is 4.79 Å². The second-order valence-electron chi connectivity index (χ2n) is 6.33. The monoisotopic (exact) mass is 407 g/mol. The number of hydroxylamine groups is 2. The number of nitrogens with one attached hydrogen (secondary N) is 1. The van der Waals surface area contributed by atoms with Crippen LogP contribution in [0.2, 0.25) is 5.02 Å². The van der Waals surface area contributed by atoms with Gasteiger partial charge < -0.3 is 10.2 Å². The van der Waals surface area contributed by atoms with E-state index in [1.165, 1.54) is 11.8 Å². The quantitative estimate of drug-likeness (QED) is 0.415. The van der Waals surface area contributed by atoms with Crippen molar-refractivity contribution in [3.8, 4) is 0 Å². The van der Waals surface area contributed by atoms with Gasteiger partial charge in [-0.3, -0.25) is 5.21 Å². The molecule has 1 aliphatic rings. The number of thioether (sulfide) groups is 1. The lowest BCUT2D eigenvalue weighted by Gasteiger charge is -2.36. The molecule has 1 saturated heterocycles. The zero-order valence-corrected chi connectivity index (χ0v) is 16.6. The molecule has 0 spiro atoms. The van der Waals surface area contributed by atoms with E-state index in [4.69, 9.17) is 23.8 Å². The molecule has 3 rings (SSSR count). The summed E-state index contributed by atoms with van der Waals surface area (Å²) < 4.78 is 0.100. The topological polar surface area (TPSA) is 55.8 Å². The van der Waals surface area contributed by atoms with Crippen molar-refractivity contribution >= 4 is 57.3 Å². The van der Waals surface area contributed by atoms with Crippen molar-refractivity contribution in [2.24, 2.45) is 0 Å². The third-order valence-corrected chi connectivity index (χ3v) is 5.79. The van der Waals surface area contributed by atoms with Gasteiger partial charge in [0.15, 0.2) is 6.17 Å². The lowest BCUT2D eigenvalue weighted by atomic mass is 10.1. The Hall–Kier alpha value is -1.80. The standard InChI is InChI=1S/C18H18ClN3O2S2/c1-18(2)15(21(17(25)26-18)14-6-4-3-5-7-14)22(24)16(23)20-13-10-8-12(19)9-11-13/h3-11,15,24H,1-2H3,(H,20,23)/t15-/m0/s1. The molecular weight excluding hydrogens is 390 g/mol. The van der Waals surface area contributed by atoms with Crippen molar-refractivity contribution in [3.63, 3.8) is 0 Å². The van der Waals surface area contributed by atoms with E-state index in [0.717, 1.165) is 5.69 Å². The average Bonchev–Trinajstić information content (AvgIpc) is 2.85. The molecule has 2 aromatic rings. The predicted octanol–water partition coefficient (Wildman–Crippen LogP) is 5.21. The smallest absolute Gasteiger partial charge is 0.306 e. The first kappa shape index (κ1) is 19.0. The predicted molar refractivity (Wildman–Crippen MR) is 111 cm³/mol. The van der Waals surface area contributed by atoms with E-state index in [-0.39, 0.29) is 0 Å². The minimum Gasteiger partial charge on any atom is -0.306 e. The van der Waals surface area contributed by atoms with Crippen LogP contribution in [0.5, 0.6) is 0 Å². The van der Waals surface area contributed by atoms with E-state index in [9.17, 15) is 10.0 Å². The molecular formula is C18H18ClN3O2S2. The van der Waals surface area contributed by atoms with Crippen molar-refractivity contribution in [2.75, 3.05) is 10.2 Å². The molecule has 2 aromatic carbocycles. The molecule has 2 amide bonds. The van der Waals surface area contributed by atoms with Crippen LogP contribution in [0.4, 0.5) is 16.2 Å². The van der Waals surface area contributed by atoms with Crippen molar-refractivity contribution in [2.45, 2.75) is 24.8 Å². The molecule has 0 saturated carbocycles. The van der Waals surface area contributed by atoms with Gasteiger partial charge in [0.05, 0.1) is 4.75 Å². The van der Waals surface area contributed by atoms with Crippen LogP contribution in [-0.4, -0.2) is 31.5 Å². The number of rotatable bonds is 3. The number of amides is 2. The van der Waals surface area contributed by atoms with Gasteiger partial charge in [-0.2, -0.15) is 5.06 Å². The highest BCUT2D eigenvalue weighted by Gasteiger charge is 2.50. The van der Waals surface area contributed by atoms with E-state index < -0.39 is 16.9 Å². The van der Waals surface area contributed by atoms with Crippen LogP contribution < -0.4 is 10.2 Å². The maximum Gasteiger partial charge on any atom is 0.347 e. The molecule has 8 heteroatoms. The summed E-state index contributed by atoms with van der Waals surface area (Å²) in [6.07, 6.45) is -0.658. The van der Waals surface area contributed by atoms with Crippen molar-refractivity contribution in [1.82, 2.24) is 5.06 Å². The minimum absolute atomic E-state index is 0.501. The largest absolute Gasteiger partial charge is 0.347 e. The van der Waals surface area contributed by atoms with Crippen LogP contribution in [0.15, 0.2) is 54.6 Å². The number of hydrogen-bond acceptors (Lipinski definition) is 4. The molecule has 0 aliphatic carbocycles. The van der Waals surface area contributed by atoms with E-state index in [1.54, 1.807) is 29.2 Å². The number of carbonyl (C=O) groups excluding carboxylic acids is 1.